The van der Waals surface area contributed by atoms with E-state index in [0.717, 1.165) is 11.3 Å². The second-order valence-electron chi connectivity index (χ2n) is 5.81. The van der Waals surface area contributed by atoms with Gasteiger partial charge in [-0.25, -0.2) is 4.79 Å². The first-order chi connectivity index (χ1) is 13.0. The van der Waals surface area contributed by atoms with Crippen molar-refractivity contribution in [1.29, 1.82) is 5.26 Å². The Morgan fingerprint density at radius 2 is 2.15 bits per heavy atom. The van der Waals surface area contributed by atoms with Gasteiger partial charge >= 0.3 is 5.97 Å². The minimum absolute atomic E-state index is 0.362. The van der Waals surface area contributed by atoms with Crippen molar-refractivity contribution in [3.05, 3.63) is 63.4 Å². The van der Waals surface area contributed by atoms with Crippen LogP contribution in [-0.4, -0.2) is 23.1 Å². The summed E-state index contributed by atoms with van der Waals surface area (Å²) in [7, 11) is 0. The lowest BCUT2D eigenvalue weighted by Gasteiger charge is -2.12. The van der Waals surface area contributed by atoms with Crippen LogP contribution in [0.5, 0.6) is 0 Å². The minimum Gasteiger partial charge on any atom is -0.467 e. The van der Waals surface area contributed by atoms with E-state index < -0.39 is 18.5 Å². The van der Waals surface area contributed by atoms with E-state index in [1.807, 2.05) is 19.9 Å². The number of nitrogens with one attached hydrogen (secondary N) is 1. The Balaban J connectivity index is 1.76. The lowest BCUT2D eigenvalue weighted by atomic mass is 10.2. The zero-order chi connectivity index (χ0) is 19.4. The smallest absolute Gasteiger partial charge is 0.348 e. The molecule has 27 heavy (non-hydrogen) atoms. The molecule has 3 rings (SSSR count). The highest BCUT2D eigenvalue weighted by molar-refractivity contribution is 7.11. The molecule has 0 radical (unpaired) electrons. The summed E-state index contributed by atoms with van der Waals surface area (Å²) in [6, 6.07) is 9.07. The molecule has 0 fully saturated rings. The number of carbonyl (C=O) groups is 2. The quantitative estimate of drug-likeness (QED) is 0.657. The Bertz CT molecular complexity index is 995. The van der Waals surface area contributed by atoms with Gasteiger partial charge in [-0.15, -0.1) is 11.3 Å². The highest BCUT2D eigenvalue weighted by Gasteiger charge is 2.21. The Morgan fingerprint density at radius 3 is 2.78 bits per heavy atom. The van der Waals surface area contributed by atoms with E-state index >= 15 is 0 Å². The maximum atomic E-state index is 12.3. The molecule has 0 bridgehead atoms. The number of rotatable bonds is 6. The van der Waals surface area contributed by atoms with Crippen molar-refractivity contribution in [2.45, 2.75) is 20.4 Å². The molecule has 0 atom stereocenters. The van der Waals surface area contributed by atoms with Gasteiger partial charge in [0.1, 0.15) is 22.5 Å². The van der Waals surface area contributed by atoms with Crippen LogP contribution in [0.15, 0.2) is 40.3 Å². The van der Waals surface area contributed by atoms with Gasteiger partial charge in [-0.3, -0.25) is 4.79 Å². The number of anilines is 1. The second kappa shape index (κ2) is 7.93. The molecule has 3 aromatic heterocycles. The van der Waals surface area contributed by atoms with E-state index in [1.165, 1.54) is 11.3 Å². The molecule has 0 aliphatic rings. The first kappa shape index (κ1) is 18.5. The number of amides is 1. The fourth-order valence-electron chi connectivity index (χ4n) is 2.65. The number of ether oxygens (including phenoxy) is 1. The monoisotopic (exact) mass is 383 g/mol. The van der Waals surface area contributed by atoms with Crippen LogP contribution in [0, 0.1) is 25.2 Å². The molecule has 0 saturated carbocycles. The molecular weight excluding hydrogens is 366 g/mol. The zero-order valence-corrected chi connectivity index (χ0v) is 15.6. The SMILES string of the molecule is Cc1c(C#N)c(NC(=O)COC(=O)c2cccs2)n(Cc2ccco2)c1C. The van der Waals surface area contributed by atoms with E-state index in [4.69, 9.17) is 9.15 Å². The van der Waals surface area contributed by atoms with Crippen LogP contribution in [0.2, 0.25) is 0 Å². The van der Waals surface area contributed by atoms with Crippen molar-refractivity contribution in [3.8, 4) is 6.07 Å². The Labute approximate surface area is 159 Å². The normalized spacial score (nSPS) is 10.4. The number of nitrogens with zero attached hydrogens (tertiary/aromatic N) is 2. The lowest BCUT2D eigenvalue weighted by molar-refractivity contribution is -0.119. The third kappa shape index (κ3) is 3.93. The maximum Gasteiger partial charge on any atom is 0.348 e. The van der Waals surface area contributed by atoms with Crippen molar-refractivity contribution >= 4 is 29.0 Å². The van der Waals surface area contributed by atoms with Gasteiger partial charge in [0.25, 0.3) is 5.91 Å². The standard InChI is InChI=1S/C19H17N3O4S/c1-12-13(2)22(10-14-5-3-7-25-14)18(15(12)9-20)21-17(23)11-26-19(24)16-6-4-8-27-16/h3-8H,10-11H2,1-2H3,(H,21,23). The topological polar surface area (TPSA) is 97.3 Å². The van der Waals surface area contributed by atoms with E-state index in [-0.39, 0.29) is 0 Å². The van der Waals surface area contributed by atoms with Crippen molar-refractivity contribution < 1.29 is 18.7 Å². The van der Waals surface area contributed by atoms with Crippen LogP contribution in [-0.2, 0) is 16.1 Å². The zero-order valence-electron chi connectivity index (χ0n) is 14.8. The van der Waals surface area contributed by atoms with Gasteiger partial charge in [0, 0.05) is 5.69 Å². The number of nitriles is 1. The van der Waals surface area contributed by atoms with Crippen LogP contribution in [0.3, 0.4) is 0 Å². The Kier molecular flexibility index (Phi) is 5.43. The van der Waals surface area contributed by atoms with E-state index in [1.54, 1.807) is 34.4 Å². The highest BCUT2D eigenvalue weighted by atomic mass is 32.1. The second-order valence-corrected chi connectivity index (χ2v) is 6.76. The predicted molar refractivity (Wildman–Crippen MR) is 99.7 cm³/mol. The van der Waals surface area contributed by atoms with Crippen LogP contribution in [0.25, 0.3) is 0 Å². The molecule has 1 amide bonds. The molecule has 0 aliphatic carbocycles. The number of hydrogen-bond donors (Lipinski definition) is 1. The number of carbonyl (C=O) groups excluding carboxylic acids is 2. The first-order valence-electron chi connectivity index (χ1n) is 8.14. The fraction of sp³-hybridized carbons (Fsp3) is 0.211. The number of furan rings is 1. The Hall–Kier alpha value is -3.31. The molecule has 1 N–H and O–H groups in total. The number of esters is 1. The molecule has 0 aromatic carbocycles. The van der Waals surface area contributed by atoms with Crippen LogP contribution in [0.1, 0.15) is 32.3 Å². The summed E-state index contributed by atoms with van der Waals surface area (Å²) < 4.78 is 12.2. The first-order valence-corrected chi connectivity index (χ1v) is 9.02. The molecule has 3 aromatic rings. The largest absolute Gasteiger partial charge is 0.467 e. The van der Waals surface area contributed by atoms with Gasteiger partial charge in [-0.05, 0) is 43.0 Å². The molecule has 0 unspecified atom stereocenters. The van der Waals surface area contributed by atoms with E-state index in [2.05, 4.69) is 11.4 Å². The van der Waals surface area contributed by atoms with Crippen molar-refractivity contribution in [2.75, 3.05) is 11.9 Å². The minimum atomic E-state index is -0.556. The average Bonchev–Trinajstić information content (AvgIpc) is 3.40. The van der Waals surface area contributed by atoms with Gasteiger partial charge in [-0.1, -0.05) is 6.07 Å². The summed E-state index contributed by atoms with van der Waals surface area (Å²) in [6.07, 6.45) is 1.56. The van der Waals surface area contributed by atoms with Gasteiger partial charge < -0.3 is 19.0 Å². The van der Waals surface area contributed by atoms with Gasteiger partial charge in [0.05, 0.1) is 18.4 Å². The van der Waals surface area contributed by atoms with Crippen LogP contribution >= 0.6 is 11.3 Å². The number of hydrogen-bond acceptors (Lipinski definition) is 6. The lowest BCUT2D eigenvalue weighted by Crippen LogP contribution is -2.23. The summed E-state index contributed by atoms with van der Waals surface area (Å²) in [5.41, 5.74) is 1.99. The summed E-state index contributed by atoms with van der Waals surface area (Å²) in [6.45, 7) is 3.61. The van der Waals surface area contributed by atoms with Gasteiger partial charge in [0.15, 0.2) is 6.61 Å². The third-order valence-corrected chi connectivity index (χ3v) is 5.00. The molecule has 3 heterocycles. The molecule has 7 nitrogen and oxygen atoms in total. The summed E-state index contributed by atoms with van der Waals surface area (Å²) in [4.78, 5) is 24.6. The molecule has 138 valence electrons. The number of thiophene rings is 1. The summed E-state index contributed by atoms with van der Waals surface area (Å²) in [5, 5.41) is 13.9. The average molecular weight is 383 g/mol. The van der Waals surface area contributed by atoms with E-state index in [9.17, 15) is 14.9 Å². The van der Waals surface area contributed by atoms with Crippen LogP contribution in [0.4, 0.5) is 5.82 Å². The number of aromatic nitrogens is 1. The highest BCUT2D eigenvalue weighted by Crippen LogP contribution is 2.27. The van der Waals surface area contributed by atoms with Gasteiger partial charge in [-0.2, -0.15) is 5.26 Å². The van der Waals surface area contributed by atoms with Crippen molar-refractivity contribution in [2.24, 2.45) is 0 Å². The predicted octanol–water partition coefficient (Wildman–Crippen LogP) is 3.47. The van der Waals surface area contributed by atoms with Crippen molar-refractivity contribution in [1.82, 2.24) is 4.57 Å². The molecular formula is C19H17N3O4S. The summed E-state index contributed by atoms with van der Waals surface area (Å²) >= 11 is 1.24. The molecule has 8 heteroatoms. The van der Waals surface area contributed by atoms with Gasteiger partial charge in [0.2, 0.25) is 0 Å². The van der Waals surface area contributed by atoms with E-state index in [0.29, 0.717) is 28.6 Å². The molecule has 0 aliphatic heterocycles. The molecule has 0 saturated heterocycles. The third-order valence-electron chi connectivity index (χ3n) is 4.15. The van der Waals surface area contributed by atoms with Crippen molar-refractivity contribution in [3.63, 3.8) is 0 Å². The maximum absolute atomic E-state index is 12.3. The molecule has 0 spiro atoms. The Morgan fingerprint density at radius 1 is 1.33 bits per heavy atom. The summed E-state index contributed by atoms with van der Waals surface area (Å²) in [5.74, 6) is -0.0214. The van der Waals surface area contributed by atoms with Crippen LogP contribution < -0.4 is 5.32 Å². The fourth-order valence-corrected chi connectivity index (χ4v) is 3.27.